The van der Waals surface area contributed by atoms with Crippen molar-refractivity contribution >= 4 is 11.7 Å². The molecule has 19 heavy (non-hydrogen) atoms. The van der Waals surface area contributed by atoms with Gasteiger partial charge in [0.1, 0.15) is 0 Å². The van der Waals surface area contributed by atoms with Crippen LogP contribution in [0.3, 0.4) is 0 Å². The molecule has 6 heteroatoms. The molecule has 0 saturated carbocycles. The third-order valence-corrected chi connectivity index (χ3v) is 2.53. The molecule has 0 aliphatic carbocycles. The first-order valence-corrected chi connectivity index (χ1v) is 5.91. The van der Waals surface area contributed by atoms with E-state index in [1.54, 1.807) is 19.3 Å². The van der Waals surface area contributed by atoms with Crippen LogP contribution < -0.4 is 11.2 Å². The molecule has 0 aromatic carbocycles. The highest BCUT2D eigenvalue weighted by atomic mass is 16.1. The molecule has 0 amide bonds. The van der Waals surface area contributed by atoms with E-state index in [1.807, 2.05) is 19.1 Å². The Morgan fingerprint density at radius 3 is 2.53 bits per heavy atom. The fourth-order valence-corrected chi connectivity index (χ4v) is 1.64. The summed E-state index contributed by atoms with van der Waals surface area (Å²) in [6.45, 7) is 5.11. The minimum atomic E-state index is -0.170. The summed E-state index contributed by atoms with van der Waals surface area (Å²) in [5, 5.41) is 8.94. The van der Waals surface area contributed by atoms with Gasteiger partial charge in [-0.15, -0.1) is 0 Å². The van der Waals surface area contributed by atoms with Crippen LogP contribution in [0, 0.1) is 5.41 Å². The summed E-state index contributed by atoms with van der Waals surface area (Å²) >= 11 is 0. The van der Waals surface area contributed by atoms with Crippen molar-refractivity contribution < 1.29 is 4.79 Å². The Balaban J connectivity index is 2.86. The molecular formula is C13H19N5O. The molecule has 6 nitrogen and oxygen atoms in total. The van der Waals surface area contributed by atoms with Gasteiger partial charge in [-0.25, -0.2) is 10.4 Å². The number of guanidine groups is 1. The lowest BCUT2D eigenvalue weighted by molar-refractivity contribution is -0.112. The molecule has 102 valence electrons. The zero-order valence-electron chi connectivity index (χ0n) is 11.3. The summed E-state index contributed by atoms with van der Waals surface area (Å²) in [6.07, 6.45) is 4.82. The first-order chi connectivity index (χ1) is 8.91. The molecule has 0 radical (unpaired) electrons. The van der Waals surface area contributed by atoms with E-state index < -0.39 is 0 Å². The third kappa shape index (κ3) is 4.51. The number of carbonyl (C=O) groups excluding carboxylic acids is 1. The number of ketones is 1. The van der Waals surface area contributed by atoms with Crippen molar-refractivity contribution in [1.82, 2.24) is 15.4 Å². The number of carbonyl (C=O) groups is 1. The van der Waals surface area contributed by atoms with E-state index in [2.05, 4.69) is 10.4 Å². The molecule has 1 atom stereocenters. The van der Waals surface area contributed by atoms with Gasteiger partial charge in [0, 0.05) is 30.2 Å². The van der Waals surface area contributed by atoms with E-state index in [4.69, 9.17) is 11.1 Å². The van der Waals surface area contributed by atoms with Crippen LogP contribution in [0.2, 0.25) is 0 Å². The topological polar surface area (TPSA) is 95.1 Å². The fourth-order valence-electron chi connectivity index (χ4n) is 1.64. The standard InChI is InChI=1S/C13H19N5O/c1-9(8-10(2)19)18(13(14)15)17-11(3)12-4-6-16-7-5-12/h4-8,11,17H,1-3H3,(H3,14,15)/b9-8-. The minimum absolute atomic E-state index is 0.0674. The predicted octanol–water partition coefficient (Wildman–Crippen LogP) is 1.34. The number of pyridine rings is 1. The Bertz CT molecular complexity index is 483. The Morgan fingerprint density at radius 2 is 2.05 bits per heavy atom. The lowest BCUT2D eigenvalue weighted by Gasteiger charge is -2.28. The molecule has 1 aromatic heterocycles. The summed E-state index contributed by atoms with van der Waals surface area (Å²) in [6, 6.07) is 3.68. The van der Waals surface area contributed by atoms with Gasteiger partial charge in [0.2, 0.25) is 5.96 Å². The average molecular weight is 261 g/mol. The normalized spacial score (nSPS) is 12.9. The Kier molecular flexibility index (Phi) is 5.20. The molecule has 0 spiro atoms. The summed E-state index contributed by atoms with van der Waals surface area (Å²) in [4.78, 5) is 15.0. The van der Waals surface area contributed by atoms with Gasteiger partial charge in [0.05, 0.1) is 0 Å². The second kappa shape index (κ2) is 6.65. The van der Waals surface area contributed by atoms with Gasteiger partial charge in [0.25, 0.3) is 0 Å². The van der Waals surface area contributed by atoms with Crippen molar-refractivity contribution in [2.75, 3.05) is 0 Å². The zero-order chi connectivity index (χ0) is 14.4. The lowest BCUT2D eigenvalue weighted by atomic mass is 10.1. The van der Waals surface area contributed by atoms with Gasteiger partial charge in [-0.05, 0) is 38.5 Å². The monoisotopic (exact) mass is 261 g/mol. The van der Waals surface area contributed by atoms with E-state index >= 15 is 0 Å². The third-order valence-electron chi connectivity index (χ3n) is 2.53. The van der Waals surface area contributed by atoms with E-state index in [9.17, 15) is 4.79 Å². The molecule has 4 N–H and O–H groups in total. The number of allylic oxidation sites excluding steroid dienone is 2. The van der Waals surface area contributed by atoms with Crippen molar-refractivity contribution in [3.63, 3.8) is 0 Å². The van der Waals surface area contributed by atoms with Crippen LogP contribution in [0.25, 0.3) is 0 Å². The van der Waals surface area contributed by atoms with Crippen LogP contribution in [0.4, 0.5) is 0 Å². The average Bonchev–Trinajstić information content (AvgIpc) is 2.35. The number of nitrogens with one attached hydrogen (secondary N) is 2. The van der Waals surface area contributed by atoms with Gasteiger partial charge in [-0.2, -0.15) is 0 Å². The summed E-state index contributed by atoms with van der Waals surface area (Å²) in [7, 11) is 0. The van der Waals surface area contributed by atoms with E-state index in [-0.39, 0.29) is 17.8 Å². The van der Waals surface area contributed by atoms with Crippen molar-refractivity contribution in [2.45, 2.75) is 26.8 Å². The van der Waals surface area contributed by atoms with Crippen LogP contribution in [0.15, 0.2) is 36.3 Å². The maximum Gasteiger partial charge on any atom is 0.207 e. The number of rotatable bonds is 5. The van der Waals surface area contributed by atoms with E-state index in [1.165, 1.54) is 18.0 Å². The SMILES string of the molecule is CC(=O)/C=C(/C)N(NC(C)c1ccncc1)C(=N)N. The molecule has 0 saturated heterocycles. The Labute approximate surface area is 112 Å². The first kappa shape index (κ1) is 14.8. The first-order valence-electron chi connectivity index (χ1n) is 5.91. The smallest absolute Gasteiger partial charge is 0.207 e. The van der Waals surface area contributed by atoms with Gasteiger partial charge < -0.3 is 5.73 Å². The second-order valence-corrected chi connectivity index (χ2v) is 4.25. The number of aromatic nitrogens is 1. The van der Waals surface area contributed by atoms with E-state index in [0.717, 1.165) is 5.56 Å². The highest BCUT2D eigenvalue weighted by Crippen LogP contribution is 2.12. The summed E-state index contributed by atoms with van der Waals surface area (Å²) in [5.74, 6) is -0.266. The Morgan fingerprint density at radius 1 is 1.47 bits per heavy atom. The van der Waals surface area contributed by atoms with Crippen molar-refractivity contribution in [3.05, 3.63) is 41.9 Å². The van der Waals surface area contributed by atoms with Crippen LogP contribution in [0.1, 0.15) is 32.4 Å². The van der Waals surface area contributed by atoms with Crippen molar-refractivity contribution in [2.24, 2.45) is 5.73 Å². The summed E-state index contributed by atoms with van der Waals surface area (Å²) in [5.41, 5.74) is 10.2. The molecule has 1 heterocycles. The van der Waals surface area contributed by atoms with Crippen LogP contribution in [-0.2, 0) is 4.79 Å². The molecule has 1 aromatic rings. The number of nitrogens with zero attached hydrogens (tertiary/aromatic N) is 2. The predicted molar refractivity (Wildman–Crippen MR) is 74.0 cm³/mol. The van der Waals surface area contributed by atoms with Gasteiger partial charge >= 0.3 is 0 Å². The maximum absolute atomic E-state index is 11.1. The highest BCUT2D eigenvalue weighted by molar-refractivity contribution is 5.88. The van der Waals surface area contributed by atoms with Gasteiger partial charge in [-0.3, -0.25) is 15.2 Å². The van der Waals surface area contributed by atoms with Crippen LogP contribution >= 0.6 is 0 Å². The van der Waals surface area contributed by atoms with Crippen LogP contribution in [0.5, 0.6) is 0 Å². The molecule has 0 aliphatic rings. The fraction of sp³-hybridized carbons (Fsp3) is 0.308. The van der Waals surface area contributed by atoms with E-state index in [0.29, 0.717) is 5.70 Å². The number of hydrogen-bond donors (Lipinski definition) is 3. The van der Waals surface area contributed by atoms with Gasteiger partial charge in [-0.1, -0.05) is 0 Å². The molecule has 0 bridgehead atoms. The van der Waals surface area contributed by atoms with Crippen LogP contribution in [-0.4, -0.2) is 21.7 Å². The highest BCUT2D eigenvalue weighted by Gasteiger charge is 2.14. The quantitative estimate of drug-likeness (QED) is 0.322. The zero-order valence-corrected chi connectivity index (χ0v) is 11.3. The lowest BCUT2D eigenvalue weighted by Crippen LogP contribution is -2.46. The second-order valence-electron chi connectivity index (χ2n) is 4.25. The molecular weight excluding hydrogens is 242 g/mol. The van der Waals surface area contributed by atoms with Crippen molar-refractivity contribution in [3.8, 4) is 0 Å². The number of hydrazine groups is 1. The number of hydrogen-bond acceptors (Lipinski definition) is 4. The van der Waals surface area contributed by atoms with Crippen molar-refractivity contribution in [1.29, 1.82) is 5.41 Å². The molecule has 1 unspecified atom stereocenters. The van der Waals surface area contributed by atoms with Gasteiger partial charge in [0.15, 0.2) is 5.78 Å². The largest absolute Gasteiger partial charge is 0.369 e. The summed E-state index contributed by atoms with van der Waals surface area (Å²) < 4.78 is 0. The maximum atomic E-state index is 11.1. The minimum Gasteiger partial charge on any atom is -0.369 e. The molecule has 1 rings (SSSR count). The molecule has 0 aliphatic heterocycles. The molecule has 0 fully saturated rings. The number of nitrogens with two attached hydrogens (primary N) is 1. The Hall–Kier alpha value is -2.21.